The molecule has 1 aromatic carbocycles. The molecule has 92 valence electrons. The minimum Gasteiger partial charge on any atom is -0.332 e. The lowest BCUT2D eigenvalue weighted by Gasteiger charge is -2.37. The van der Waals surface area contributed by atoms with Crippen LogP contribution in [0.2, 0.25) is 0 Å². The van der Waals surface area contributed by atoms with Crippen molar-refractivity contribution >= 4 is 5.91 Å². The number of amides is 1. The molecule has 3 heteroatoms. The maximum absolute atomic E-state index is 12.5. The topological polar surface area (TPSA) is 32.3 Å². The van der Waals surface area contributed by atoms with E-state index in [-0.39, 0.29) is 11.4 Å². The molecule has 0 saturated carbocycles. The number of carbonyl (C=O) groups is 1. The van der Waals surface area contributed by atoms with E-state index in [1.54, 1.807) is 0 Å². The average Bonchev–Trinajstić information content (AvgIpc) is 2.50. The molecule has 1 aromatic rings. The summed E-state index contributed by atoms with van der Waals surface area (Å²) in [5.41, 5.74) is 0.658. The van der Waals surface area contributed by atoms with Gasteiger partial charge in [-0.1, -0.05) is 18.2 Å². The molecular weight excluding hydrogens is 212 g/mol. The number of nitrogens with one attached hydrogen (secondary N) is 1. The molecule has 0 unspecified atom stereocenters. The zero-order valence-electron chi connectivity index (χ0n) is 10.6. The second-order valence-electron chi connectivity index (χ2n) is 5.17. The van der Waals surface area contributed by atoms with E-state index < -0.39 is 0 Å². The van der Waals surface area contributed by atoms with Gasteiger partial charge in [0.05, 0.1) is 0 Å². The van der Waals surface area contributed by atoms with Crippen LogP contribution in [0.25, 0.3) is 0 Å². The molecule has 3 nitrogen and oxygen atoms in total. The van der Waals surface area contributed by atoms with Gasteiger partial charge in [-0.2, -0.15) is 0 Å². The second kappa shape index (κ2) is 4.88. The van der Waals surface area contributed by atoms with Crippen molar-refractivity contribution in [2.45, 2.75) is 25.8 Å². The summed E-state index contributed by atoms with van der Waals surface area (Å²) < 4.78 is 0. The van der Waals surface area contributed by atoms with Crippen LogP contribution in [0.5, 0.6) is 0 Å². The van der Waals surface area contributed by atoms with Gasteiger partial charge in [-0.3, -0.25) is 4.79 Å². The minimum atomic E-state index is -0.122. The van der Waals surface area contributed by atoms with Gasteiger partial charge in [0.25, 0.3) is 5.91 Å². The third-order valence-electron chi connectivity index (χ3n) is 3.29. The molecule has 2 rings (SSSR count). The Hall–Kier alpha value is -1.35. The second-order valence-corrected chi connectivity index (χ2v) is 5.17. The van der Waals surface area contributed by atoms with Crippen LogP contribution in [0.4, 0.5) is 0 Å². The standard InChI is InChI=1S/C14H20N2O/c1-14(2)11-15-9-6-10-16(14)13(17)12-7-4-3-5-8-12/h3-5,7-8,15H,6,9-11H2,1-2H3. The summed E-state index contributed by atoms with van der Waals surface area (Å²) in [6.07, 6.45) is 1.02. The van der Waals surface area contributed by atoms with Crippen molar-refractivity contribution < 1.29 is 4.79 Å². The molecule has 1 fully saturated rings. The molecule has 0 aliphatic carbocycles. The van der Waals surface area contributed by atoms with Gasteiger partial charge in [-0.05, 0) is 38.9 Å². The van der Waals surface area contributed by atoms with Crippen molar-refractivity contribution in [3.8, 4) is 0 Å². The molecule has 17 heavy (non-hydrogen) atoms. The molecular formula is C14H20N2O. The van der Waals surface area contributed by atoms with Crippen molar-refractivity contribution in [1.29, 1.82) is 0 Å². The lowest BCUT2D eigenvalue weighted by molar-refractivity contribution is 0.0578. The van der Waals surface area contributed by atoms with E-state index in [1.165, 1.54) is 0 Å². The molecule has 0 bridgehead atoms. The van der Waals surface area contributed by atoms with Crippen LogP contribution in [-0.4, -0.2) is 36.0 Å². The van der Waals surface area contributed by atoms with Crippen molar-refractivity contribution in [1.82, 2.24) is 10.2 Å². The fourth-order valence-electron chi connectivity index (χ4n) is 2.27. The van der Waals surface area contributed by atoms with Crippen LogP contribution < -0.4 is 5.32 Å². The van der Waals surface area contributed by atoms with Crippen LogP contribution in [0.15, 0.2) is 30.3 Å². The van der Waals surface area contributed by atoms with Gasteiger partial charge in [0, 0.05) is 24.2 Å². The summed E-state index contributed by atoms with van der Waals surface area (Å²) in [5.74, 6) is 0.138. The Kier molecular flexibility index (Phi) is 3.48. The van der Waals surface area contributed by atoms with Crippen LogP contribution in [0.1, 0.15) is 30.6 Å². The largest absolute Gasteiger partial charge is 0.332 e. The first kappa shape index (κ1) is 12.1. The maximum atomic E-state index is 12.5. The molecule has 1 amide bonds. The summed E-state index contributed by atoms with van der Waals surface area (Å²) >= 11 is 0. The number of hydrogen-bond acceptors (Lipinski definition) is 2. The highest BCUT2D eigenvalue weighted by molar-refractivity contribution is 5.94. The summed E-state index contributed by atoms with van der Waals surface area (Å²) in [6.45, 7) is 6.90. The zero-order chi connectivity index (χ0) is 12.3. The summed E-state index contributed by atoms with van der Waals surface area (Å²) in [7, 11) is 0. The first-order chi connectivity index (χ1) is 8.11. The van der Waals surface area contributed by atoms with Gasteiger partial charge in [-0.25, -0.2) is 0 Å². The molecule has 1 N–H and O–H groups in total. The summed E-state index contributed by atoms with van der Waals surface area (Å²) in [5, 5.41) is 3.38. The third-order valence-corrected chi connectivity index (χ3v) is 3.29. The van der Waals surface area contributed by atoms with Crippen molar-refractivity contribution in [3.05, 3.63) is 35.9 Å². The van der Waals surface area contributed by atoms with E-state index >= 15 is 0 Å². The Balaban J connectivity index is 2.23. The van der Waals surface area contributed by atoms with Gasteiger partial charge in [0.2, 0.25) is 0 Å². The highest BCUT2D eigenvalue weighted by Gasteiger charge is 2.32. The summed E-state index contributed by atoms with van der Waals surface area (Å²) in [6, 6.07) is 9.53. The number of rotatable bonds is 1. The Labute approximate surface area is 103 Å². The molecule has 0 atom stereocenters. The van der Waals surface area contributed by atoms with Crippen molar-refractivity contribution in [2.24, 2.45) is 0 Å². The lowest BCUT2D eigenvalue weighted by Crippen LogP contribution is -2.51. The van der Waals surface area contributed by atoms with Gasteiger partial charge >= 0.3 is 0 Å². The number of benzene rings is 1. The number of nitrogens with zero attached hydrogens (tertiary/aromatic N) is 1. The predicted octanol–water partition coefficient (Wildman–Crippen LogP) is 1.90. The molecule has 1 heterocycles. The van der Waals surface area contributed by atoms with Crippen LogP contribution in [0, 0.1) is 0 Å². The quantitative estimate of drug-likeness (QED) is 0.802. The van der Waals surface area contributed by atoms with Crippen molar-refractivity contribution in [3.63, 3.8) is 0 Å². The number of hydrogen-bond donors (Lipinski definition) is 1. The maximum Gasteiger partial charge on any atom is 0.254 e. The van der Waals surface area contributed by atoms with Gasteiger partial charge in [-0.15, -0.1) is 0 Å². The van der Waals surface area contributed by atoms with E-state index in [1.807, 2.05) is 35.2 Å². The zero-order valence-corrected chi connectivity index (χ0v) is 10.6. The molecule has 0 aromatic heterocycles. The number of carbonyl (C=O) groups excluding carboxylic acids is 1. The molecule has 1 aliphatic heterocycles. The van der Waals surface area contributed by atoms with Gasteiger partial charge in [0.1, 0.15) is 0 Å². The first-order valence-electron chi connectivity index (χ1n) is 6.19. The predicted molar refractivity (Wildman–Crippen MR) is 69.0 cm³/mol. The third kappa shape index (κ3) is 2.67. The van der Waals surface area contributed by atoms with Crippen LogP contribution in [0.3, 0.4) is 0 Å². The highest BCUT2D eigenvalue weighted by atomic mass is 16.2. The van der Waals surface area contributed by atoms with E-state index in [0.29, 0.717) is 0 Å². The van der Waals surface area contributed by atoms with Crippen LogP contribution in [-0.2, 0) is 0 Å². The average molecular weight is 232 g/mol. The Morgan fingerprint density at radius 3 is 2.71 bits per heavy atom. The van der Waals surface area contributed by atoms with Crippen LogP contribution >= 0.6 is 0 Å². The summed E-state index contributed by atoms with van der Waals surface area (Å²) in [4.78, 5) is 14.5. The smallest absolute Gasteiger partial charge is 0.254 e. The lowest BCUT2D eigenvalue weighted by atomic mass is 10.0. The first-order valence-corrected chi connectivity index (χ1v) is 6.19. The Bertz CT molecular complexity index is 386. The highest BCUT2D eigenvalue weighted by Crippen LogP contribution is 2.19. The van der Waals surface area contributed by atoms with E-state index in [0.717, 1.165) is 31.6 Å². The monoisotopic (exact) mass is 232 g/mol. The fourth-order valence-corrected chi connectivity index (χ4v) is 2.27. The normalized spacial score (nSPS) is 19.8. The van der Waals surface area contributed by atoms with Gasteiger partial charge in [0.15, 0.2) is 0 Å². The molecule has 0 radical (unpaired) electrons. The molecule has 1 saturated heterocycles. The van der Waals surface area contributed by atoms with Crippen molar-refractivity contribution in [2.75, 3.05) is 19.6 Å². The fraction of sp³-hybridized carbons (Fsp3) is 0.500. The molecule has 0 spiro atoms. The Morgan fingerprint density at radius 2 is 2.00 bits per heavy atom. The molecule has 1 aliphatic rings. The van der Waals surface area contributed by atoms with E-state index in [9.17, 15) is 4.79 Å². The Morgan fingerprint density at radius 1 is 1.29 bits per heavy atom. The SMILES string of the molecule is CC1(C)CNCCCN1C(=O)c1ccccc1. The minimum absolute atomic E-state index is 0.122. The van der Waals surface area contributed by atoms with Gasteiger partial charge < -0.3 is 10.2 Å². The van der Waals surface area contributed by atoms with E-state index in [2.05, 4.69) is 19.2 Å². The van der Waals surface area contributed by atoms with E-state index in [4.69, 9.17) is 0 Å².